The standard InChI is InChI=1S/C15H19NO4/c1-10(15(19)20)14(11(2)17)16-13(18)9-8-12-6-4-3-5-7-12/h3-7,10,14H,8-9H2,1-2H3,(H,16,18)(H,19,20). The number of carboxylic acid groups (broad SMARTS) is 1. The van der Waals surface area contributed by atoms with Gasteiger partial charge in [-0.15, -0.1) is 0 Å². The zero-order valence-corrected chi connectivity index (χ0v) is 11.6. The molecule has 0 spiro atoms. The summed E-state index contributed by atoms with van der Waals surface area (Å²) in [6.45, 7) is 2.69. The first kappa shape index (κ1) is 15.9. The number of amides is 1. The molecule has 0 fully saturated rings. The van der Waals surface area contributed by atoms with E-state index in [9.17, 15) is 14.4 Å². The summed E-state index contributed by atoms with van der Waals surface area (Å²) >= 11 is 0. The van der Waals surface area contributed by atoms with E-state index in [1.807, 2.05) is 30.3 Å². The number of rotatable bonds is 7. The van der Waals surface area contributed by atoms with Crippen molar-refractivity contribution in [2.24, 2.45) is 5.92 Å². The highest BCUT2D eigenvalue weighted by Gasteiger charge is 2.28. The molecule has 0 radical (unpaired) electrons. The van der Waals surface area contributed by atoms with Crippen LogP contribution < -0.4 is 5.32 Å². The van der Waals surface area contributed by atoms with Gasteiger partial charge in [0.15, 0.2) is 5.78 Å². The lowest BCUT2D eigenvalue weighted by atomic mass is 9.98. The molecule has 0 aliphatic heterocycles. The van der Waals surface area contributed by atoms with Crippen molar-refractivity contribution >= 4 is 17.7 Å². The Morgan fingerprint density at radius 1 is 1.20 bits per heavy atom. The van der Waals surface area contributed by atoms with Gasteiger partial charge in [0.25, 0.3) is 0 Å². The molecule has 2 N–H and O–H groups in total. The molecule has 1 aromatic carbocycles. The Morgan fingerprint density at radius 2 is 1.80 bits per heavy atom. The fourth-order valence-electron chi connectivity index (χ4n) is 1.87. The van der Waals surface area contributed by atoms with Crippen LogP contribution in [0.1, 0.15) is 25.8 Å². The number of aryl methyl sites for hydroxylation is 1. The Labute approximate surface area is 118 Å². The van der Waals surface area contributed by atoms with E-state index in [0.29, 0.717) is 6.42 Å². The predicted octanol–water partition coefficient (Wildman–Crippen LogP) is 1.41. The third-order valence-electron chi connectivity index (χ3n) is 3.13. The van der Waals surface area contributed by atoms with Crippen LogP contribution in [0.15, 0.2) is 30.3 Å². The molecule has 0 heterocycles. The summed E-state index contributed by atoms with van der Waals surface area (Å²) in [5.41, 5.74) is 1.02. The number of carboxylic acids is 1. The average Bonchev–Trinajstić information content (AvgIpc) is 2.42. The van der Waals surface area contributed by atoms with Gasteiger partial charge in [0.05, 0.1) is 5.92 Å². The van der Waals surface area contributed by atoms with Gasteiger partial charge in [-0.1, -0.05) is 30.3 Å². The molecule has 5 heteroatoms. The first-order valence-corrected chi connectivity index (χ1v) is 6.48. The smallest absolute Gasteiger partial charge is 0.308 e. The second kappa shape index (κ2) is 7.43. The first-order chi connectivity index (χ1) is 9.41. The number of benzene rings is 1. The summed E-state index contributed by atoms with van der Waals surface area (Å²) in [6.07, 6.45) is 0.777. The molecular formula is C15H19NO4. The zero-order valence-electron chi connectivity index (χ0n) is 11.6. The van der Waals surface area contributed by atoms with E-state index in [1.165, 1.54) is 13.8 Å². The summed E-state index contributed by atoms with van der Waals surface area (Å²) in [6, 6.07) is 8.52. The Bertz CT molecular complexity index is 484. The predicted molar refractivity (Wildman–Crippen MR) is 74.2 cm³/mol. The van der Waals surface area contributed by atoms with Crippen molar-refractivity contribution in [3.05, 3.63) is 35.9 Å². The molecule has 0 saturated carbocycles. The normalized spacial score (nSPS) is 13.3. The van der Waals surface area contributed by atoms with Crippen molar-refractivity contribution in [2.75, 3.05) is 0 Å². The largest absolute Gasteiger partial charge is 0.481 e. The Hall–Kier alpha value is -2.17. The van der Waals surface area contributed by atoms with Gasteiger partial charge in [-0.3, -0.25) is 14.4 Å². The molecule has 0 bridgehead atoms. The molecule has 0 aromatic heterocycles. The van der Waals surface area contributed by atoms with Crippen molar-refractivity contribution < 1.29 is 19.5 Å². The van der Waals surface area contributed by atoms with Gasteiger partial charge in [0.1, 0.15) is 6.04 Å². The highest BCUT2D eigenvalue weighted by Crippen LogP contribution is 2.07. The average molecular weight is 277 g/mol. The molecule has 0 saturated heterocycles. The molecule has 108 valence electrons. The van der Waals surface area contributed by atoms with Crippen molar-refractivity contribution in [1.29, 1.82) is 0 Å². The fraction of sp³-hybridized carbons (Fsp3) is 0.400. The Kier molecular flexibility index (Phi) is 5.90. The van der Waals surface area contributed by atoms with Crippen molar-refractivity contribution in [2.45, 2.75) is 32.7 Å². The third-order valence-corrected chi connectivity index (χ3v) is 3.13. The lowest BCUT2D eigenvalue weighted by Gasteiger charge is -2.19. The monoisotopic (exact) mass is 277 g/mol. The van der Waals surface area contributed by atoms with Gasteiger partial charge in [-0.05, 0) is 25.8 Å². The topological polar surface area (TPSA) is 83.5 Å². The SMILES string of the molecule is CC(=O)C(NC(=O)CCc1ccccc1)C(C)C(=O)O. The van der Waals surface area contributed by atoms with Crippen LogP contribution in [0, 0.1) is 5.92 Å². The molecule has 0 aliphatic rings. The van der Waals surface area contributed by atoms with Gasteiger partial charge in [0, 0.05) is 6.42 Å². The van der Waals surface area contributed by atoms with E-state index in [2.05, 4.69) is 5.32 Å². The van der Waals surface area contributed by atoms with Crippen molar-refractivity contribution in [3.63, 3.8) is 0 Å². The fourth-order valence-corrected chi connectivity index (χ4v) is 1.87. The maximum absolute atomic E-state index is 11.8. The highest BCUT2D eigenvalue weighted by molar-refractivity contribution is 5.91. The van der Waals surface area contributed by atoms with Gasteiger partial charge in [-0.2, -0.15) is 0 Å². The first-order valence-electron chi connectivity index (χ1n) is 6.48. The number of aliphatic carboxylic acids is 1. The molecule has 2 unspecified atom stereocenters. The summed E-state index contributed by atoms with van der Waals surface area (Å²) < 4.78 is 0. The van der Waals surface area contributed by atoms with Crippen LogP contribution in [0.4, 0.5) is 0 Å². The zero-order chi connectivity index (χ0) is 15.1. The van der Waals surface area contributed by atoms with Crippen LogP contribution in [0.5, 0.6) is 0 Å². The van der Waals surface area contributed by atoms with Crippen LogP contribution in [0.25, 0.3) is 0 Å². The second-order valence-electron chi connectivity index (χ2n) is 4.77. The van der Waals surface area contributed by atoms with E-state index < -0.39 is 17.9 Å². The molecule has 2 atom stereocenters. The third kappa shape index (κ3) is 4.84. The lowest BCUT2D eigenvalue weighted by Crippen LogP contribution is -2.46. The second-order valence-corrected chi connectivity index (χ2v) is 4.77. The minimum atomic E-state index is -1.10. The number of ketones is 1. The Balaban J connectivity index is 2.54. The number of hydrogen-bond acceptors (Lipinski definition) is 3. The molecule has 0 aliphatic carbocycles. The maximum Gasteiger partial charge on any atom is 0.308 e. The molecule has 1 aromatic rings. The van der Waals surface area contributed by atoms with Gasteiger partial charge in [-0.25, -0.2) is 0 Å². The molecule has 5 nitrogen and oxygen atoms in total. The lowest BCUT2D eigenvalue weighted by molar-refractivity contribution is -0.144. The molecule has 1 amide bonds. The molecular weight excluding hydrogens is 258 g/mol. The minimum absolute atomic E-state index is 0.222. The molecule has 1 rings (SSSR count). The number of hydrogen-bond donors (Lipinski definition) is 2. The Morgan fingerprint density at radius 3 is 2.30 bits per heavy atom. The van der Waals surface area contributed by atoms with E-state index in [0.717, 1.165) is 5.56 Å². The highest BCUT2D eigenvalue weighted by atomic mass is 16.4. The van der Waals surface area contributed by atoms with E-state index in [1.54, 1.807) is 0 Å². The maximum atomic E-state index is 11.8. The van der Waals surface area contributed by atoms with Crippen LogP contribution in [-0.4, -0.2) is 28.8 Å². The summed E-state index contributed by atoms with van der Waals surface area (Å²) in [5.74, 6) is -2.71. The minimum Gasteiger partial charge on any atom is -0.481 e. The number of Topliss-reactive ketones (excluding diaryl/α,β-unsaturated/α-hetero) is 1. The van der Waals surface area contributed by atoms with Crippen molar-refractivity contribution in [3.8, 4) is 0 Å². The van der Waals surface area contributed by atoms with Crippen molar-refractivity contribution in [1.82, 2.24) is 5.32 Å². The summed E-state index contributed by atoms with van der Waals surface area (Å²) in [5, 5.41) is 11.4. The van der Waals surface area contributed by atoms with Crippen LogP contribution in [0.2, 0.25) is 0 Å². The van der Waals surface area contributed by atoms with Crippen LogP contribution >= 0.6 is 0 Å². The van der Waals surface area contributed by atoms with E-state index in [4.69, 9.17) is 5.11 Å². The summed E-state index contributed by atoms with van der Waals surface area (Å²) in [7, 11) is 0. The van der Waals surface area contributed by atoms with Gasteiger partial charge < -0.3 is 10.4 Å². The van der Waals surface area contributed by atoms with Gasteiger partial charge >= 0.3 is 5.97 Å². The number of carbonyl (C=O) groups is 3. The quantitative estimate of drug-likeness (QED) is 0.789. The van der Waals surface area contributed by atoms with Crippen LogP contribution in [0.3, 0.4) is 0 Å². The van der Waals surface area contributed by atoms with E-state index in [-0.39, 0.29) is 18.1 Å². The van der Waals surface area contributed by atoms with Crippen LogP contribution in [-0.2, 0) is 20.8 Å². The number of nitrogens with one attached hydrogen (secondary N) is 1. The summed E-state index contributed by atoms with van der Waals surface area (Å²) in [4.78, 5) is 34.1. The molecule has 20 heavy (non-hydrogen) atoms. The number of carbonyl (C=O) groups excluding carboxylic acids is 2. The van der Waals surface area contributed by atoms with Gasteiger partial charge in [0.2, 0.25) is 5.91 Å². The van der Waals surface area contributed by atoms with E-state index >= 15 is 0 Å².